The molecule has 0 radical (unpaired) electrons. The highest BCUT2D eigenvalue weighted by molar-refractivity contribution is 7.21. The molecular formula is C25H27ClO5S. The van der Waals surface area contributed by atoms with Gasteiger partial charge >= 0.3 is 11.9 Å². The number of halogens is 1. The summed E-state index contributed by atoms with van der Waals surface area (Å²) in [5, 5.41) is 1.08. The average molecular weight is 475 g/mol. The van der Waals surface area contributed by atoms with E-state index in [0.717, 1.165) is 22.9 Å². The molecule has 3 aromatic rings. The lowest BCUT2D eigenvalue weighted by molar-refractivity contribution is 0.0497. The van der Waals surface area contributed by atoms with Crippen molar-refractivity contribution in [1.29, 1.82) is 0 Å². The lowest BCUT2D eigenvalue weighted by Crippen LogP contribution is -2.08. The fourth-order valence-electron chi connectivity index (χ4n) is 3.25. The number of fused-ring (bicyclic) bond motifs is 1. The molecule has 2 aromatic carbocycles. The molecule has 0 saturated heterocycles. The van der Waals surface area contributed by atoms with E-state index in [9.17, 15) is 9.59 Å². The van der Waals surface area contributed by atoms with Gasteiger partial charge in [0.05, 0.1) is 24.3 Å². The van der Waals surface area contributed by atoms with Crippen LogP contribution in [0.15, 0.2) is 42.5 Å². The summed E-state index contributed by atoms with van der Waals surface area (Å²) in [5.41, 5.74) is 0.419. The van der Waals surface area contributed by atoms with E-state index < -0.39 is 5.97 Å². The number of carbonyl (C=O) groups excluding carboxylic acids is 2. The highest BCUT2D eigenvalue weighted by atomic mass is 35.5. The van der Waals surface area contributed by atoms with Crippen LogP contribution in [-0.2, 0) is 4.74 Å². The first-order valence-electron chi connectivity index (χ1n) is 10.8. The number of unbranched alkanes of at least 4 members (excludes halogenated alkanes) is 5. The molecule has 1 aromatic heterocycles. The number of hydrogen-bond donors (Lipinski definition) is 0. The van der Waals surface area contributed by atoms with Crippen LogP contribution in [0.2, 0.25) is 5.02 Å². The van der Waals surface area contributed by atoms with E-state index >= 15 is 0 Å². The number of thiophene rings is 1. The van der Waals surface area contributed by atoms with Crippen LogP contribution >= 0.6 is 22.9 Å². The van der Waals surface area contributed by atoms with Gasteiger partial charge < -0.3 is 14.2 Å². The van der Waals surface area contributed by atoms with Crippen LogP contribution < -0.4 is 9.47 Å². The first-order chi connectivity index (χ1) is 15.5. The molecule has 0 N–H and O–H groups in total. The van der Waals surface area contributed by atoms with Gasteiger partial charge in [0, 0.05) is 10.1 Å². The van der Waals surface area contributed by atoms with E-state index in [1.54, 1.807) is 37.4 Å². The smallest absolute Gasteiger partial charge is 0.355 e. The molecule has 0 unspecified atom stereocenters. The molecule has 0 spiro atoms. The first-order valence-corrected chi connectivity index (χ1v) is 12.0. The van der Waals surface area contributed by atoms with Crippen LogP contribution in [0.5, 0.6) is 11.5 Å². The highest BCUT2D eigenvalue weighted by Crippen LogP contribution is 2.37. The van der Waals surface area contributed by atoms with Gasteiger partial charge in [0.25, 0.3) is 0 Å². The molecular weight excluding hydrogens is 448 g/mol. The van der Waals surface area contributed by atoms with Crippen LogP contribution in [0.4, 0.5) is 0 Å². The van der Waals surface area contributed by atoms with Crippen molar-refractivity contribution in [3.63, 3.8) is 0 Å². The second-order valence-corrected chi connectivity index (χ2v) is 8.86. The lowest BCUT2D eigenvalue weighted by Gasteiger charge is -2.06. The Morgan fingerprint density at radius 2 is 1.59 bits per heavy atom. The molecule has 32 heavy (non-hydrogen) atoms. The molecule has 0 atom stereocenters. The number of benzene rings is 2. The molecule has 0 bridgehead atoms. The molecule has 0 aliphatic carbocycles. The highest BCUT2D eigenvalue weighted by Gasteiger charge is 2.20. The zero-order valence-corrected chi connectivity index (χ0v) is 19.9. The van der Waals surface area contributed by atoms with E-state index in [1.165, 1.54) is 37.0 Å². The van der Waals surface area contributed by atoms with Gasteiger partial charge in [-0.05, 0) is 48.9 Å². The molecule has 3 rings (SSSR count). The molecule has 0 saturated carbocycles. The Bertz CT molecular complexity index is 1060. The predicted octanol–water partition coefficient (Wildman–Crippen LogP) is 7.30. The van der Waals surface area contributed by atoms with Gasteiger partial charge in [-0.25, -0.2) is 9.59 Å². The number of methoxy groups -OCH3 is 1. The summed E-state index contributed by atoms with van der Waals surface area (Å²) >= 11 is 7.66. The van der Waals surface area contributed by atoms with Crippen molar-refractivity contribution in [2.75, 3.05) is 13.7 Å². The minimum atomic E-state index is -0.548. The van der Waals surface area contributed by atoms with Gasteiger partial charge in [0.1, 0.15) is 16.4 Å². The molecule has 170 valence electrons. The zero-order valence-electron chi connectivity index (χ0n) is 18.3. The number of rotatable bonds is 11. The van der Waals surface area contributed by atoms with Gasteiger partial charge in [0.2, 0.25) is 0 Å². The largest absolute Gasteiger partial charge is 0.497 e. The fourth-order valence-corrected chi connectivity index (χ4v) is 4.60. The summed E-state index contributed by atoms with van der Waals surface area (Å²) in [4.78, 5) is 25.1. The third kappa shape index (κ3) is 6.24. The maximum absolute atomic E-state index is 12.6. The topological polar surface area (TPSA) is 61.8 Å². The van der Waals surface area contributed by atoms with Crippen LogP contribution in [0.25, 0.3) is 10.1 Å². The molecule has 7 heteroatoms. The fraction of sp³-hybridized carbons (Fsp3) is 0.360. The Labute approximate surface area is 197 Å². The normalized spacial score (nSPS) is 10.8. The summed E-state index contributed by atoms with van der Waals surface area (Å²) in [6.07, 6.45) is 6.80. The van der Waals surface area contributed by atoms with E-state index in [-0.39, 0.29) is 5.97 Å². The minimum absolute atomic E-state index is 0.317. The van der Waals surface area contributed by atoms with E-state index in [0.29, 0.717) is 33.6 Å². The number of hydrogen-bond acceptors (Lipinski definition) is 6. The third-order valence-electron chi connectivity index (χ3n) is 5.05. The number of carbonyl (C=O) groups is 2. The molecule has 5 nitrogen and oxygen atoms in total. The standard InChI is InChI=1S/C25H27ClO5S/c1-3-4-5-6-7-8-15-30-24(27)17-9-11-18(12-10-17)31-25(28)23-22(26)20-16-19(29-2)13-14-21(20)32-23/h9-14,16H,3-8,15H2,1-2H3. The van der Waals surface area contributed by atoms with Crippen molar-refractivity contribution in [1.82, 2.24) is 0 Å². The summed E-state index contributed by atoms with van der Waals surface area (Å²) in [6.45, 7) is 2.60. The summed E-state index contributed by atoms with van der Waals surface area (Å²) < 4.78 is 16.9. The molecule has 0 aliphatic rings. The number of ether oxygens (including phenoxy) is 3. The lowest BCUT2D eigenvalue weighted by atomic mass is 10.1. The monoisotopic (exact) mass is 474 g/mol. The molecule has 0 amide bonds. The van der Waals surface area contributed by atoms with Crippen LogP contribution in [0.3, 0.4) is 0 Å². The van der Waals surface area contributed by atoms with E-state index in [1.807, 2.05) is 12.1 Å². The second kappa shape index (κ2) is 11.9. The van der Waals surface area contributed by atoms with Gasteiger partial charge in [-0.3, -0.25) is 0 Å². The van der Waals surface area contributed by atoms with Gasteiger partial charge in [-0.2, -0.15) is 0 Å². The Balaban J connectivity index is 1.54. The van der Waals surface area contributed by atoms with Crippen LogP contribution in [0.1, 0.15) is 65.5 Å². The zero-order chi connectivity index (χ0) is 22.9. The van der Waals surface area contributed by atoms with Crippen molar-refractivity contribution in [3.05, 3.63) is 57.9 Å². The van der Waals surface area contributed by atoms with Crippen LogP contribution in [0, 0.1) is 0 Å². The summed E-state index contributed by atoms with van der Waals surface area (Å²) in [7, 11) is 1.57. The van der Waals surface area contributed by atoms with E-state index in [2.05, 4.69) is 6.92 Å². The van der Waals surface area contributed by atoms with Crippen molar-refractivity contribution in [3.8, 4) is 11.5 Å². The van der Waals surface area contributed by atoms with Crippen molar-refractivity contribution in [2.45, 2.75) is 45.4 Å². The Morgan fingerprint density at radius 1 is 0.906 bits per heavy atom. The van der Waals surface area contributed by atoms with E-state index in [4.69, 9.17) is 25.8 Å². The molecule has 0 aliphatic heterocycles. The van der Waals surface area contributed by atoms with Crippen molar-refractivity contribution >= 4 is 45.0 Å². The van der Waals surface area contributed by atoms with Gasteiger partial charge in [-0.1, -0.05) is 50.6 Å². The SMILES string of the molecule is CCCCCCCCOC(=O)c1ccc(OC(=O)c2sc3ccc(OC)cc3c2Cl)cc1. The Hall–Kier alpha value is -2.57. The molecule has 0 fully saturated rings. The van der Waals surface area contributed by atoms with Crippen molar-refractivity contribution < 1.29 is 23.8 Å². The maximum Gasteiger partial charge on any atom is 0.355 e. The van der Waals surface area contributed by atoms with Gasteiger partial charge in [0.15, 0.2) is 0 Å². The predicted molar refractivity (Wildman–Crippen MR) is 128 cm³/mol. The maximum atomic E-state index is 12.6. The second-order valence-electron chi connectivity index (χ2n) is 7.42. The Morgan fingerprint density at radius 3 is 2.31 bits per heavy atom. The van der Waals surface area contributed by atoms with Gasteiger partial charge in [-0.15, -0.1) is 11.3 Å². The minimum Gasteiger partial charge on any atom is -0.497 e. The average Bonchev–Trinajstić information content (AvgIpc) is 3.14. The molecule has 1 heterocycles. The number of esters is 2. The third-order valence-corrected chi connectivity index (χ3v) is 6.71. The first kappa shape index (κ1) is 24.1. The summed E-state index contributed by atoms with van der Waals surface area (Å²) in [5.74, 6) is 0.0659. The quantitative estimate of drug-likeness (QED) is 0.166. The van der Waals surface area contributed by atoms with Crippen LogP contribution in [-0.4, -0.2) is 25.7 Å². The van der Waals surface area contributed by atoms with Crippen molar-refractivity contribution in [2.24, 2.45) is 0 Å². The summed E-state index contributed by atoms with van der Waals surface area (Å²) in [6, 6.07) is 11.8. The Kier molecular flexibility index (Phi) is 8.94.